The van der Waals surface area contributed by atoms with E-state index in [1.807, 2.05) is 0 Å². The number of imidazole rings is 1. The van der Waals surface area contributed by atoms with E-state index in [4.69, 9.17) is 23.3 Å². The predicted molar refractivity (Wildman–Crippen MR) is 65.7 cm³/mol. The fourth-order valence-corrected chi connectivity index (χ4v) is 2.17. The van der Waals surface area contributed by atoms with Crippen molar-refractivity contribution < 1.29 is 44.3 Å². The minimum atomic E-state index is -1.56. The van der Waals surface area contributed by atoms with Crippen molar-refractivity contribution in [2.24, 2.45) is 0 Å². The van der Waals surface area contributed by atoms with Crippen LogP contribution < -0.4 is 5.73 Å². The Morgan fingerprint density at radius 2 is 2.00 bits per heavy atom. The van der Waals surface area contributed by atoms with Gasteiger partial charge in [-0.15, -0.1) is 0 Å². The molecule has 0 radical (unpaired) electrons. The molecule has 0 unspecified atom stereocenters. The van der Waals surface area contributed by atoms with Gasteiger partial charge in [0.25, 0.3) is 0 Å². The van der Waals surface area contributed by atoms with Crippen LogP contribution in [0.4, 0.5) is 5.82 Å². The Balaban J connectivity index is 0.000000545. The molecule has 3 heterocycles. The number of nitrogen functional groups attached to an aromatic ring is 1. The number of rotatable bonds is 2. The van der Waals surface area contributed by atoms with E-state index >= 15 is 0 Å². The number of aromatic nitrogens is 4. The van der Waals surface area contributed by atoms with Gasteiger partial charge in [0.15, 0.2) is 17.7 Å². The zero-order chi connectivity index (χ0) is 16.3. The van der Waals surface area contributed by atoms with Crippen molar-refractivity contribution in [2.45, 2.75) is 24.5 Å². The van der Waals surface area contributed by atoms with E-state index in [0.29, 0.717) is 11.2 Å². The van der Waals surface area contributed by atoms with E-state index in [1.165, 1.54) is 17.2 Å². The molecule has 0 spiro atoms. The number of anilines is 1. The molecule has 2 aromatic rings. The van der Waals surface area contributed by atoms with E-state index in [1.54, 1.807) is 0 Å². The molecule has 0 aliphatic carbocycles. The van der Waals surface area contributed by atoms with Gasteiger partial charge in [-0.25, -0.2) is 15.0 Å². The Morgan fingerprint density at radius 1 is 1.32 bits per heavy atom. The van der Waals surface area contributed by atoms with Gasteiger partial charge in [-0.2, -0.15) is 0 Å². The van der Waals surface area contributed by atoms with E-state index in [0.717, 1.165) is 0 Å². The Bertz CT molecular complexity index is 654. The monoisotopic (exact) mass is 351 g/mol. The van der Waals surface area contributed by atoms with Crippen LogP contribution in [-0.2, 0) is 25.0 Å². The van der Waals surface area contributed by atoms with Crippen LogP contribution in [0, 0.1) is 0 Å². The first kappa shape index (κ1) is 16.9. The van der Waals surface area contributed by atoms with Crippen LogP contribution in [0.3, 0.4) is 0 Å². The van der Waals surface area contributed by atoms with Crippen LogP contribution in [0.1, 0.15) is 6.23 Å². The number of nitrogens with zero attached hydrogens (tertiary/aromatic N) is 4. The van der Waals surface area contributed by atoms with E-state index in [9.17, 15) is 10.2 Å². The summed E-state index contributed by atoms with van der Waals surface area (Å²) in [5.74, 6) is 0.218. The number of hydrogen-bond acceptors (Lipinski definition) is 9. The van der Waals surface area contributed by atoms with Gasteiger partial charge in [-0.3, -0.25) is 4.57 Å². The molecule has 22 heavy (non-hydrogen) atoms. The van der Waals surface area contributed by atoms with Gasteiger partial charge >= 0.3 is 24.3 Å². The van der Waals surface area contributed by atoms with Gasteiger partial charge in [0.1, 0.15) is 30.2 Å². The summed E-state index contributed by atoms with van der Waals surface area (Å²) in [5, 5.41) is 28.7. The van der Waals surface area contributed by atoms with Crippen molar-refractivity contribution in [1.29, 1.82) is 0 Å². The molecule has 4 atom stereocenters. The fraction of sp³-hybridized carbons (Fsp3) is 0.500. The quantitative estimate of drug-likeness (QED) is 0.384. The Labute approximate surface area is 131 Å². The first-order chi connectivity index (χ1) is 10.5. The summed E-state index contributed by atoms with van der Waals surface area (Å²) in [7, 11) is 0. The Hall–Kier alpha value is -1.47. The molecule has 120 valence electrons. The summed E-state index contributed by atoms with van der Waals surface area (Å²) < 4.78 is 22.5. The van der Waals surface area contributed by atoms with Crippen molar-refractivity contribution in [2.75, 3.05) is 12.3 Å². The van der Waals surface area contributed by atoms with Crippen molar-refractivity contribution in [1.82, 2.24) is 19.5 Å². The van der Waals surface area contributed by atoms with Crippen molar-refractivity contribution in [3.05, 3.63) is 12.7 Å². The molecule has 6 N–H and O–H groups in total. The predicted octanol–water partition coefficient (Wildman–Crippen LogP) is -2.66. The first-order valence-corrected chi connectivity index (χ1v) is 7.26. The molecule has 0 amide bonds. The summed E-state index contributed by atoms with van der Waals surface area (Å²) in [6, 6.07) is 0. The minimum absolute atomic E-state index is 0.218. The number of nitrogens with two attached hydrogens (primary N) is 1. The van der Waals surface area contributed by atoms with Gasteiger partial charge in [-0.05, 0) is 0 Å². The second-order valence-electron chi connectivity index (χ2n) is 4.39. The molecule has 0 bridgehead atoms. The molecule has 12 heteroatoms. The molecule has 0 aromatic carbocycles. The van der Waals surface area contributed by atoms with Crippen LogP contribution in [0.5, 0.6) is 0 Å². The van der Waals surface area contributed by atoms with Gasteiger partial charge in [0, 0.05) is 0 Å². The van der Waals surface area contributed by atoms with Crippen LogP contribution >= 0.6 is 0 Å². The summed E-state index contributed by atoms with van der Waals surface area (Å²) in [6.07, 6.45) is -1.42. The number of fused-ring (bicyclic) bond motifs is 1. The summed E-state index contributed by atoms with van der Waals surface area (Å²) in [4.78, 5) is 11.9. The molecule has 1 aliphatic heterocycles. The van der Waals surface area contributed by atoms with Gasteiger partial charge < -0.3 is 25.8 Å². The van der Waals surface area contributed by atoms with Gasteiger partial charge in [0.05, 0.1) is 12.9 Å². The summed E-state index contributed by atoms with van der Waals surface area (Å²) in [6.45, 7) is -0.390. The molecule has 1 saturated heterocycles. The third-order valence-corrected chi connectivity index (χ3v) is 3.18. The molecular weight excluding hydrogens is 337 g/mol. The second-order valence-corrected chi connectivity index (χ2v) is 4.65. The van der Waals surface area contributed by atoms with E-state index < -0.39 is 47.7 Å². The maximum absolute atomic E-state index is 9.95. The Kier molecular flexibility index (Phi) is 5.53. The van der Waals surface area contributed by atoms with E-state index in [-0.39, 0.29) is 5.82 Å². The SMILES string of the molecule is Nc1ncnc2c1ncn2[C@@H]1O[C@H](CO)[C@@H](O)[C@H]1O.[O]=[V][OH]. The third kappa shape index (κ3) is 3.01. The maximum atomic E-state index is 9.95. The van der Waals surface area contributed by atoms with Crippen LogP contribution in [0.15, 0.2) is 12.7 Å². The van der Waals surface area contributed by atoms with Crippen LogP contribution in [-0.4, -0.2) is 63.8 Å². The first-order valence-electron chi connectivity index (χ1n) is 6.07. The topological polar surface area (TPSA) is 177 Å². The second kappa shape index (κ2) is 7.20. The number of hydrogen-bond donors (Lipinski definition) is 5. The number of ether oxygens (including phenoxy) is 1. The van der Waals surface area contributed by atoms with Crippen LogP contribution in [0.25, 0.3) is 11.2 Å². The van der Waals surface area contributed by atoms with Crippen molar-refractivity contribution in [3.63, 3.8) is 0 Å². The van der Waals surface area contributed by atoms with E-state index in [2.05, 4.69) is 15.0 Å². The van der Waals surface area contributed by atoms with Gasteiger partial charge in [0.2, 0.25) is 0 Å². The Morgan fingerprint density at radius 3 is 2.59 bits per heavy atom. The normalized spacial score (nSPS) is 27.5. The average molecular weight is 351 g/mol. The van der Waals surface area contributed by atoms with Crippen molar-refractivity contribution >= 4 is 17.0 Å². The molecule has 2 aromatic heterocycles. The zero-order valence-corrected chi connectivity index (χ0v) is 12.5. The number of aliphatic hydroxyl groups is 3. The zero-order valence-electron chi connectivity index (χ0n) is 11.1. The summed E-state index contributed by atoms with van der Waals surface area (Å²) >= 11 is -1.56. The van der Waals surface area contributed by atoms with Gasteiger partial charge in [-0.1, -0.05) is 0 Å². The molecular formula is C10H14N5O6V. The molecule has 11 nitrogen and oxygen atoms in total. The van der Waals surface area contributed by atoms with Crippen molar-refractivity contribution in [3.8, 4) is 0 Å². The molecule has 0 saturated carbocycles. The third-order valence-electron chi connectivity index (χ3n) is 3.18. The summed E-state index contributed by atoms with van der Waals surface area (Å²) in [5.41, 5.74) is 6.44. The fourth-order valence-electron chi connectivity index (χ4n) is 2.17. The average Bonchev–Trinajstić information content (AvgIpc) is 3.04. The molecule has 1 aliphatic rings. The number of aliphatic hydroxyl groups excluding tert-OH is 3. The molecule has 3 rings (SSSR count). The molecule has 1 fully saturated rings. The van der Waals surface area contributed by atoms with Crippen LogP contribution in [0.2, 0.25) is 0 Å². The standard InChI is InChI=1S/C10H13N5O4.H2O.O.V/c11-8-5-9(13-2-12-8)15(3-14-5)10-7(18)6(17)4(1-16)19-10;;;/h2-4,6-7,10,16-18H,1H2,(H2,11,12,13);1H2;;/q;;;+1/p-1/t4-,6-,7-,10-;;;/m1.../s1.